The van der Waals surface area contributed by atoms with E-state index in [0.29, 0.717) is 17.9 Å². The van der Waals surface area contributed by atoms with E-state index in [-0.39, 0.29) is 16.9 Å². The summed E-state index contributed by atoms with van der Waals surface area (Å²) in [5.41, 5.74) is 4.57. The van der Waals surface area contributed by atoms with E-state index in [2.05, 4.69) is 55.8 Å². The maximum Gasteiger partial charge on any atom is 0.0758 e. The molecule has 0 heterocycles. The zero-order chi connectivity index (χ0) is 17.1. The van der Waals surface area contributed by atoms with Crippen molar-refractivity contribution in [3.05, 3.63) is 47.2 Å². The lowest BCUT2D eigenvalue weighted by atomic mass is 9.51. The SMILES string of the molecule is CNC1=C2[C@@H]3C=C[C@H](NC)[C@@]3(C)CC[C@@H]2[C@@]2(C)C=C[C@H](O)CC2=C1. The molecule has 1 saturated carbocycles. The molecule has 1 fully saturated rings. The first kappa shape index (κ1) is 16.2. The zero-order valence-electron chi connectivity index (χ0n) is 15.3. The second-order valence-corrected chi connectivity index (χ2v) is 8.43. The molecule has 0 radical (unpaired) electrons. The van der Waals surface area contributed by atoms with Gasteiger partial charge in [-0.3, -0.25) is 0 Å². The molecule has 3 nitrogen and oxygen atoms in total. The molecule has 0 aromatic heterocycles. The molecule has 0 saturated heterocycles. The van der Waals surface area contributed by atoms with Gasteiger partial charge in [0.25, 0.3) is 0 Å². The molecule has 4 rings (SSSR count). The van der Waals surface area contributed by atoms with E-state index in [1.54, 1.807) is 5.57 Å². The van der Waals surface area contributed by atoms with Crippen LogP contribution in [0.5, 0.6) is 0 Å². The van der Waals surface area contributed by atoms with Crippen molar-refractivity contribution < 1.29 is 5.11 Å². The Bertz CT molecular complexity index is 673. The van der Waals surface area contributed by atoms with E-state index in [4.69, 9.17) is 0 Å². The number of likely N-dealkylation sites (N-methyl/N-ethyl adjacent to an activating group) is 2. The van der Waals surface area contributed by atoms with Gasteiger partial charge in [0.15, 0.2) is 0 Å². The molecule has 130 valence electrons. The lowest BCUT2D eigenvalue weighted by molar-refractivity contribution is 0.110. The Kier molecular flexibility index (Phi) is 3.59. The molecule has 0 unspecified atom stereocenters. The fraction of sp³-hybridized carbons (Fsp3) is 0.619. The predicted octanol–water partition coefficient (Wildman–Crippen LogP) is 2.92. The molecule has 3 N–H and O–H groups in total. The fourth-order valence-electron chi connectivity index (χ4n) is 5.82. The van der Waals surface area contributed by atoms with Crippen molar-refractivity contribution in [3.63, 3.8) is 0 Å². The molecule has 4 aliphatic rings. The van der Waals surface area contributed by atoms with Gasteiger partial charge in [0.05, 0.1) is 6.10 Å². The second kappa shape index (κ2) is 5.34. The lowest BCUT2D eigenvalue weighted by Gasteiger charge is -2.54. The van der Waals surface area contributed by atoms with E-state index in [9.17, 15) is 5.11 Å². The number of fused-ring (bicyclic) bond motifs is 5. The Morgan fingerprint density at radius 2 is 1.96 bits per heavy atom. The molecular formula is C21H30N2O. The van der Waals surface area contributed by atoms with Crippen molar-refractivity contribution >= 4 is 0 Å². The van der Waals surface area contributed by atoms with Gasteiger partial charge in [-0.15, -0.1) is 0 Å². The molecule has 24 heavy (non-hydrogen) atoms. The van der Waals surface area contributed by atoms with Crippen LogP contribution in [0.4, 0.5) is 0 Å². The molecule has 6 atom stereocenters. The summed E-state index contributed by atoms with van der Waals surface area (Å²) in [5.74, 6) is 1.02. The first-order valence-electron chi connectivity index (χ1n) is 9.30. The molecule has 3 heteroatoms. The zero-order valence-corrected chi connectivity index (χ0v) is 15.3. The Balaban J connectivity index is 1.85. The number of hydrogen-bond acceptors (Lipinski definition) is 3. The number of nitrogens with one attached hydrogen (secondary N) is 2. The van der Waals surface area contributed by atoms with E-state index < -0.39 is 0 Å². The normalized spacial score (nSPS) is 46.3. The van der Waals surface area contributed by atoms with Crippen molar-refractivity contribution in [2.75, 3.05) is 14.1 Å². The summed E-state index contributed by atoms with van der Waals surface area (Å²) < 4.78 is 0. The van der Waals surface area contributed by atoms with Gasteiger partial charge >= 0.3 is 0 Å². The summed E-state index contributed by atoms with van der Waals surface area (Å²) in [6.45, 7) is 4.81. The van der Waals surface area contributed by atoms with E-state index in [0.717, 1.165) is 6.42 Å². The maximum absolute atomic E-state index is 10.1. The van der Waals surface area contributed by atoms with Crippen LogP contribution in [0.15, 0.2) is 47.2 Å². The number of aliphatic hydroxyl groups excluding tert-OH is 1. The first-order chi connectivity index (χ1) is 11.4. The Hall–Kier alpha value is -1.32. The number of allylic oxidation sites excluding steroid dienone is 4. The number of rotatable bonds is 2. The van der Waals surface area contributed by atoms with Crippen LogP contribution in [-0.4, -0.2) is 31.3 Å². The van der Waals surface area contributed by atoms with Crippen molar-refractivity contribution in [3.8, 4) is 0 Å². The summed E-state index contributed by atoms with van der Waals surface area (Å²) >= 11 is 0. The topological polar surface area (TPSA) is 44.3 Å². The summed E-state index contributed by atoms with van der Waals surface area (Å²) in [5, 5.41) is 17.1. The molecule has 0 aromatic carbocycles. The Labute approximate surface area is 145 Å². The van der Waals surface area contributed by atoms with Crippen LogP contribution in [0.1, 0.15) is 33.1 Å². The van der Waals surface area contributed by atoms with Gasteiger partial charge < -0.3 is 15.7 Å². The standard InChI is InChI=1S/C21H30N2O/c1-20-9-7-14(24)11-13(20)12-17(22-3)19-15-5-6-18(23-4)21(15,2)10-8-16(19)20/h5-7,9,12,14-16,18,22-24H,8,10-11H2,1-4H3/t14-,15-,16-,18-,20-,21-/m0/s1. The third-order valence-corrected chi connectivity index (χ3v) is 7.32. The molecule has 0 amide bonds. The second-order valence-electron chi connectivity index (χ2n) is 8.43. The van der Waals surface area contributed by atoms with Crippen molar-refractivity contribution in [2.45, 2.75) is 45.3 Å². The highest BCUT2D eigenvalue weighted by molar-refractivity contribution is 5.48. The van der Waals surface area contributed by atoms with Gasteiger partial charge in [-0.1, -0.05) is 43.7 Å². The number of aliphatic hydroxyl groups is 1. The van der Waals surface area contributed by atoms with Crippen LogP contribution < -0.4 is 10.6 Å². The average molecular weight is 326 g/mol. The minimum absolute atomic E-state index is 0.0574. The lowest BCUT2D eigenvalue weighted by Crippen LogP contribution is -2.50. The Morgan fingerprint density at radius 1 is 1.17 bits per heavy atom. The molecule has 0 aromatic rings. The monoisotopic (exact) mass is 326 g/mol. The largest absolute Gasteiger partial charge is 0.389 e. The van der Waals surface area contributed by atoms with Crippen LogP contribution in [0, 0.1) is 22.7 Å². The highest BCUT2D eigenvalue weighted by Crippen LogP contribution is 2.61. The van der Waals surface area contributed by atoms with Crippen LogP contribution in [-0.2, 0) is 0 Å². The van der Waals surface area contributed by atoms with E-state index in [1.165, 1.54) is 24.1 Å². The minimum Gasteiger partial charge on any atom is -0.389 e. The fourth-order valence-corrected chi connectivity index (χ4v) is 5.82. The van der Waals surface area contributed by atoms with Crippen molar-refractivity contribution in [1.82, 2.24) is 10.6 Å². The Morgan fingerprint density at radius 3 is 2.67 bits per heavy atom. The quantitative estimate of drug-likeness (QED) is 0.684. The first-order valence-corrected chi connectivity index (χ1v) is 9.30. The van der Waals surface area contributed by atoms with Gasteiger partial charge in [-0.2, -0.15) is 0 Å². The minimum atomic E-state index is -0.335. The van der Waals surface area contributed by atoms with Gasteiger partial charge in [0.1, 0.15) is 0 Å². The van der Waals surface area contributed by atoms with Crippen LogP contribution in [0.2, 0.25) is 0 Å². The van der Waals surface area contributed by atoms with E-state index >= 15 is 0 Å². The van der Waals surface area contributed by atoms with Gasteiger partial charge in [0, 0.05) is 30.1 Å². The highest BCUT2D eigenvalue weighted by Gasteiger charge is 2.54. The summed E-state index contributed by atoms with van der Waals surface area (Å²) in [7, 11) is 4.11. The third kappa shape index (κ3) is 1.98. The summed E-state index contributed by atoms with van der Waals surface area (Å²) in [4.78, 5) is 0. The summed E-state index contributed by atoms with van der Waals surface area (Å²) in [6.07, 6.45) is 14.3. The molecule has 0 bridgehead atoms. The van der Waals surface area contributed by atoms with Crippen LogP contribution in [0.3, 0.4) is 0 Å². The average Bonchev–Trinajstić information content (AvgIpc) is 2.91. The molecule has 4 aliphatic carbocycles. The smallest absolute Gasteiger partial charge is 0.0758 e. The van der Waals surface area contributed by atoms with E-state index in [1.807, 2.05) is 13.1 Å². The molecular weight excluding hydrogens is 296 g/mol. The maximum atomic E-state index is 10.1. The molecule has 0 aliphatic heterocycles. The number of hydrogen-bond donors (Lipinski definition) is 3. The van der Waals surface area contributed by atoms with Gasteiger partial charge in [-0.25, -0.2) is 0 Å². The van der Waals surface area contributed by atoms with Crippen molar-refractivity contribution in [2.24, 2.45) is 22.7 Å². The van der Waals surface area contributed by atoms with Crippen molar-refractivity contribution in [1.29, 1.82) is 0 Å². The summed E-state index contributed by atoms with van der Waals surface area (Å²) in [6, 6.07) is 0.455. The third-order valence-electron chi connectivity index (χ3n) is 7.32. The van der Waals surface area contributed by atoms with Gasteiger partial charge in [-0.05, 0) is 49.3 Å². The molecule has 0 spiro atoms. The highest BCUT2D eigenvalue weighted by atomic mass is 16.3. The van der Waals surface area contributed by atoms with Crippen LogP contribution >= 0.6 is 0 Å². The predicted molar refractivity (Wildman–Crippen MR) is 98.3 cm³/mol. The van der Waals surface area contributed by atoms with Crippen LogP contribution in [0.25, 0.3) is 0 Å². The van der Waals surface area contributed by atoms with Gasteiger partial charge in [0.2, 0.25) is 0 Å².